The van der Waals surface area contributed by atoms with Crippen LogP contribution in [0.1, 0.15) is 33.4 Å². The lowest BCUT2D eigenvalue weighted by molar-refractivity contribution is 0.464. The molecule has 2 aliphatic rings. The van der Waals surface area contributed by atoms with E-state index in [9.17, 15) is 15.0 Å². The van der Waals surface area contributed by atoms with Gasteiger partial charge in [-0.25, -0.2) is 4.79 Å². The van der Waals surface area contributed by atoms with Crippen LogP contribution in [0.25, 0.3) is 22.3 Å². The lowest BCUT2D eigenvalue weighted by Gasteiger charge is -2.44. The molecule has 76 heavy (non-hydrogen) atoms. The highest BCUT2D eigenvalue weighted by Gasteiger charge is 2.59. The molecule has 368 valence electrons. The highest BCUT2D eigenvalue weighted by Crippen LogP contribution is 2.73. The maximum Gasteiger partial charge on any atom is 0.296 e. The number of hydrogen-bond acceptors (Lipinski definition) is 10. The van der Waals surface area contributed by atoms with E-state index in [2.05, 4.69) is 4.99 Å². The van der Waals surface area contributed by atoms with E-state index < -0.39 is 25.0 Å². The van der Waals surface area contributed by atoms with Crippen LogP contribution in [0, 0.1) is 11.5 Å². The van der Waals surface area contributed by atoms with Crippen LogP contribution in [-0.2, 0) is 24.2 Å². The quantitative estimate of drug-likeness (QED) is 0.0448. The zero-order chi connectivity index (χ0) is 52.3. The Labute approximate surface area is 439 Å². The van der Waals surface area contributed by atoms with Crippen molar-refractivity contribution in [2.75, 3.05) is 0 Å². The van der Waals surface area contributed by atoms with Crippen LogP contribution >= 0.6 is 14.7 Å². The summed E-state index contributed by atoms with van der Waals surface area (Å²) in [6.07, 6.45) is 3.27. The van der Waals surface area contributed by atoms with E-state index in [4.69, 9.17) is 19.0 Å². The number of para-hydroxylation sites is 2. The number of nitrogens with zero attached hydrogens (tertiary/aromatic N) is 2. The van der Waals surface area contributed by atoms with Gasteiger partial charge in [0.25, 0.3) is 21.0 Å². The number of isocyanates is 1. The first-order chi connectivity index (χ1) is 37.1. The Kier molecular flexibility index (Phi) is 12.9. The normalized spacial score (nSPS) is 16.5. The van der Waals surface area contributed by atoms with Crippen LogP contribution in [0.3, 0.4) is 0 Å². The van der Waals surface area contributed by atoms with E-state index in [1.165, 1.54) is 0 Å². The number of rotatable bonds is 10. The molecule has 3 unspecified atom stereocenters. The summed E-state index contributed by atoms with van der Waals surface area (Å²) in [5, 5.41) is 27.9. The Bertz CT molecular complexity index is 3910. The third-order valence-corrected chi connectivity index (χ3v) is 20.3. The van der Waals surface area contributed by atoms with Gasteiger partial charge in [-0.1, -0.05) is 182 Å². The van der Waals surface area contributed by atoms with Gasteiger partial charge in [0.15, 0.2) is 0 Å². The van der Waals surface area contributed by atoms with Gasteiger partial charge < -0.3 is 24.0 Å². The van der Waals surface area contributed by atoms with E-state index in [0.717, 1.165) is 33.4 Å². The zero-order valence-electron chi connectivity index (χ0n) is 40.4. The van der Waals surface area contributed by atoms with E-state index >= 15 is 9.13 Å². The van der Waals surface area contributed by atoms with Gasteiger partial charge in [0.05, 0.1) is 16.3 Å². The molecule has 3 atom stereocenters. The van der Waals surface area contributed by atoms with E-state index in [1.54, 1.807) is 85.1 Å². The highest BCUT2D eigenvalue weighted by atomic mass is 31.2. The second-order valence-corrected chi connectivity index (χ2v) is 22.9. The highest BCUT2D eigenvalue weighted by molar-refractivity contribution is 7.70. The molecule has 0 saturated carbocycles. The molecule has 12 heteroatoms. The lowest BCUT2D eigenvalue weighted by Crippen LogP contribution is -2.37. The Morgan fingerprint density at radius 2 is 0.737 bits per heavy atom. The smallest absolute Gasteiger partial charge is 0.296 e. The summed E-state index contributed by atoms with van der Waals surface area (Å²) < 4.78 is 50.4. The summed E-state index contributed by atoms with van der Waals surface area (Å²) in [6, 6.07) is 77.3. The van der Waals surface area contributed by atoms with Crippen molar-refractivity contribution >= 4 is 37.1 Å². The molecule has 10 aromatic rings. The number of fused-ring (bicyclic) bond motifs is 6. The molecule has 0 radical (unpaired) electrons. The molecule has 0 spiro atoms. The molecule has 10 nitrogen and oxygen atoms in total. The molecule has 0 aliphatic carbocycles. The molecular formula is C64H44N2O8P2. The average molecular weight is 1030 g/mol. The first kappa shape index (κ1) is 48.8. The van der Waals surface area contributed by atoms with Crippen LogP contribution in [0.15, 0.2) is 260 Å². The molecule has 0 aromatic heterocycles. The van der Waals surface area contributed by atoms with Gasteiger partial charge in [-0.3, -0.25) is 9.13 Å². The molecule has 0 amide bonds. The number of nitriles is 1. The van der Waals surface area contributed by atoms with Crippen molar-refractivity contribution < 1.29 is 37.9 Å². The van der Waals surface area contributed by atoms with Crippen molar-refractivity contribution in [3.63, 3.8) is 0 Å². The zero-order valence-corrected chi connectivity index (χ0v) is 42.2. The summed E-state index contributed by atoms with van der Waals surface area (Å²) in [5.74, 6) is 1.66. The van der Waals surface area contributed by atoms with Crippen molar-refractivity contribution in [3.05, 3.63) is 288 Å². The van der Waals surface area contributed by atoms with Crippen molar-refractivity contribution in [2.45, 2.75) is 10.3 Å². The van der Waals surface area contributed by atoms with Crippen LogP contribution in [-0.4, -0.2) is 16.3 Å². The van der Waals surface area contributed by atoms with E-state index in [1.807, 2.05) is 182 Å². The number of hydrogen-bond donors (Lipinski definition) is 2. The largest absolute Gasteiger partial charge is 0.508 e. The van der Waals surface area contributed by atoms with Crippen LogP contribution in [0.2, 0.25) is 0 Å². The van der Waals surface area contributed by atoms with Gasteiger partial charge in [-0.15, -0.1) is 5.26 Å². The number of aromatic hydroxyl groups is 2. The lowest BCUT2D eigenvalue weighted by atomic mass is 9.84. The van der Waals surface area contributed by atoms with Gasteiger partial charge in [-0.2, -0.15) is 4.99 Å². The third-order valence-electron chi connectivity index (χ3n) is 14.0. The standard InChI is InChI=1S/C33H21N2O4P.C31H23O4P/c34-22-38-28-20-16-26(17-21-28)33(24-8-2-1-3-9-24,25-14-18-27(19-15-25)35-23-36)40(37)32-13-7-5-11-30(32)29-10-4-6-12-31(29)39-40;32-25-18-14-23(15-19-25)31(22-8-2-1-3-9-22,24-16-20-26(33)21-17-24)36(34)30-13-7-5-11-28(30)27-10-4-6-12-29(27)35-36/h1-21H;1-21,32-33H. The minimum atomic E-state index is -3.92. The predicted octanol–water partition coefficient (Wildman–Crippen LogP) is 14.5. The van der Waals surface area contributed by atoms with Gasteiger partial charge in [-0.05, 0) is 117 Å². The molecule has 2 N–H and O–H groups in total. The van der Waals surface area contributed by atoms with Crippen molar-refractivity contribution in [2.24, 2.45) is 4.99 Å². The second kappa shape index (κ2) is 20.1. The van der Waals surface area contributed by atoms with Crippen molar-refractivity contribution in [3.8, 4) is 57.3 Å². The summed E-state index contributed by atoms with van der Waals surface area (Å²) >= 11 is 0. The fourth-order valence-corrected chi connectivity index (χ4v) is 17.3. The van der Waals surface area contributed by atoms with Gasteiger partial charge in [0, 0.05) is 11.1 Å². The average Bonchev–Trinajstić information content (AvgIpc) is 3.60. The van der Waals surface area contributed by atoms with Crippen LogP contribution < -0.4 is 24.4 Å². The maximum absolute atomic E-state index is 16.1. The second-order valence-electron chi connectivity index (χ2n) is 18.0. The van der Waals surface area contributed by atoms with E-state index in [0.29, 0.717) is 55.8 Å². The number of benzene rings is 10. The van der Waals surface area contributed by atoms with Crippen LogP contribution in [0.5, 0.6) is 28.7 Å². The van der Waals surface area contributed by atoms with Crippen LogP contribution in [0.4, 0.5) is 5.69 Å². The molecule has 12 rings (SSSR count). The van der Waals surface area contributed by atoms with E-state index in [-0.39, 0.29) is 11.5 Å². The molecule has 2 aliphatic heterocycles. The molecule has 0 fully saturated rings. The molecule has 0 saturated heterocycles. The Morgan fingerprint density at radius 1 is 0.408 bits per heavy atom. The summed E-state index contributed by atoms with van der Waals surface area (Å²) in [6.45, 7) is 0. The first-order valence-corrected chi connectivity index (χ1v) is 27.4. The number of phenols is 2. The molecule has 2 heterocycles. The number of carbonyl (C=O) groups excluding carboxylic acids is 1. The number of phenolic OH excluding ortho intramolecular Hbond substituents is 2. The maximum atomic E-state index is 16.1. The first-order valence-electron chi connectivity index (χ1n) is 24.2. The fourth-order valence-electron chi connectivity index (χ4n) is 10.8. The molecule has 0 bridgehead atoms. The van der Waals surface area contributed by atoms with Crippen molar-refractivity contribution in [1.29, 1.82) is 5.26 Å². The Hall–Kier alpha value is -9.47. The summed E-state index contributed by atoms with van der Waals surface area (Å²) in [4.78, 5) is 14.7. The predicted molar refractivity (Wildman–Crippen MR) is 295 cm³/mol. The summed E-state index contributed by atoms with van der Waals surface area (Å²) in [5.41, 5.74) is 8.14. The third kappa shape index (κ3) is 7.99. The number of aliphatic imine (C=N–C) groups is 1. The van der Waals surface area contributed by atoms with Crippen molar-refractivity contribution in [1.82, 2.24) is 0 Å². The topological polar surface area (TPSA) is 156 Å². The molecular weight excluding hydrogens is 987 g/mol. The minimum Gasteiger partial charge on any atom is -0.508 e. The van der Waals surface area contributed by atoms with Gasteiger partial charge >= 0.3 is 0 Å². The van der Waals surface area contributed by atoms with Gasteiger partial charge in [0.2, 0.25) is 6.08 Å². The summed E-state index contributed by atoms with van der Waals surface area (Å²) in [7, 11) is -7.75. The SMILES string of the molecule is N#COc1ccc(C(c2ccccc2)(c2ccc(N=C=O)cc2)P2(=O)Oc3ccccc3-c3ccccc32)cc1.O=P1(C(c2ccccc2)(c2ccc(O)cc2)c2ccc(O)cc2)Oc2ccccc2-c2ccccc21. The minimum absolute atomic E-state index is 0.111. The Morgan fingerprint density at radius 3 is 1.13 bits per heavy atom. The molecule has 10 aromatic carbocycles. The number of ether oxygens (including phenoxy) is 1. The Balaban J connectivity index is 0.000000163. The monoisotopic (exact) mass is 1030 g/mol. The fraction of sp³-hybridized carbons (Fsp3) is 0.0312. The van der Waals surface area contributed by atoms with Gasteiger partial charge in [0.1, 0.15) is 39.1 Å².